The molecule has 1 heterocycles. The lowest BCUT2D eigenvalue weighted by molar-refractivity contribution is -0.161. The Kier molecular flexibility index (Phi) is 5.69. The molecule has 0 aromatic carbocycles. The molecule has 0 unspecified atom stereocenters. The number of piperazine rings is 1. The summed E-state index contributed by atoms with van der Waals surface area (Å²) in [5, 5.41) is 0. The second-order valence-corrected chi connectivity index (χ2v) is 10.3. The first kappa shape index (κ1) is 20.5. The summed E-state index contributed by atoms with van der Waals surface area (Å²) in [4.78, 5) is 30.5. The Bertz CT molecular complexity index is 582. The summed E-state index contributed by atoms with van der Waals surface area (Å²) in [7, 11) is 0. The van der Waals surface area contributed by atoms with Crippen LogP contribution in [0, 0.1) is 35.0 Å². The lowest BCUT2D eigenvalue weighted by Gasteiger charge is -2.57. The van der Waals surface area contributed by atoms with Crippen LogP contribution < -0.4 is 5.73 Å². The fourth-order valence-electron chi connectivity index (χ4n) is 7.72. The third-order valence-electron chi connectivity index (χ3n) is 8.65. The number of nitrogens with zero attached hydrogens (tertiary/aromatic N) is 2. The second-order valence-electron chi connectivity index (χ2n) is 10.3. The molecule has 6 rings (SSSR count). The van der Waals surface area contributed by atoms with Crippen molar-refractivity contribution in [2.45, 2.75) is 57.8 Å². The van der Waals surface area contributed by atoms with Crippen LogP contribution in [0.25, 0.3) is 0 Å². The van der Waals surface area contributed by atoms with Crippen molar-refractivity contribution in [1.82, 2.24) is 9.80 Å². The zero-order chi connectivity index (χ0) is 18.6. The monoisotopic (exact) mass is 409 g/mol. The smallest absolute Gasteiger partial charge is 0.228 e. The van der Waals surface area contributed by atoms with Crippen LogP contribution in [0.1, 0.15) is 57.8 Å². The lowest BCUT2D eigenvalue weighted by atomic mass is 9.49. The second kappa shape index (κ2) is 7.79. The van der Waals surface area contributed by atoms with E-state index in [2.05, 4.69) is 4.90 Å². The third kappa shape index (κ3) is 3.36. The molecule has 0 aromatic rings. The van der Waals surface area contributed by atoms with E-state index in [-0.39, 0.29) is 23.7 Å². The van der Waals surface area contributed by atoms with Crippen molar-refractivity contribution in [2.24, 2.45) is 40.7 Å². The number of amides is 2. The predicted octanol–water partition coefficient (Wildman–Crippen LogP) is 2.67. The molecule has 6 heteroatoms. The van der Waals surface area contributed by atoms with Crippen LogP contribution in [0.4, 0.5) is 0 Å². The molecule has 1 aliphatic heterocycles. The van der Waals surface area contributed by atoms with Gasteiger partial charge in [-0.25, -0.2) is 0 Å². The van der Waals surface area contributed by atoms with E-state index in [0.717, 1.165) is 69.4 Å². The normalized spacial score (nSPS) is 41.8. The fraction of sp³-hybridized carbons (Fsp3) is 0.909. The summed E-state index contributed by atoms with van der Waals surface area (Å²) < 4.78 is 0. The van der Waals surface area contributed by atoms with Crippen molar-refractivity contribution in [3.63, 3.8) is 0 Å². The molecule has 5 nitrogen and oxygen atoms in total. The zero-order valence-corrected chi connectivity index (χ0v) is 17.8. The van der Waals surface area contributed by atoms with E-state index in [9.17, 15) is 9.59 Å². The van der Waals surface area contributed by atoms with Gasteiger partial charge in [0.25, 0.3) is 0 Å². The topological polar surface area (TPSA) is 66.6 Å². The molecule has 0 aromatic heterocycles. The molecule has 5 aliphatic carbocycles. The minimum Gasteiger partial charge on any atom is -0.339 e. The van der Waals surface area contributed by atoms with Gasteiger partial charge in [0, 0.05) is 32.1 Å². The van der Waals surface area contributed by atoms with Crippen molar-refractivity contribution in [1.29, 1.82) is 0 Å². The minimum atomic E-state index is -0.0446. The first-order chi connectivity index (χ1) is 13.1. The first-order valence-electron chi connectivity index (χ1n) is 11.4. The van der Waals surface area contributed by atoms with Crippen molar-refractivity contribution in [2.75, 3.05) is 32.7 Å². The van der Waals surface area contributed by atoms with Crippen molar-refractivity contribution < 1.29 is 9.59 Å². The summed E-state index contributed by atoms with van der Waals surface area (Å²) >= 11 is 0. The van der Waals surface area contributed by atoms with Crippen molar-refractivity contribution in [3.8, 4) is 0 Å². The summed E-state index contributed by atoms with van der Waals surface area (Å²) in [6, 6.07) is 0. The Labute approximate surface area is 175 Å². The Hall–Kier alpha value is -0.810. The van der Waals surface area contributed by atoms with Crippen LogP contribution >= 0.6 is 12.4 Å². The van der Waals surface area contributed by atoms with Gasteiger partial charge in [0.2, 0.25) is 11.8 Å². The summed E-state index contributed by atoms with van der Waals surface area (Å²) in [6.45, 7) is 3.51. The molecular formula is C22H36ClN3O2. The molecule has 2 amide bonds. The van der Waals surface area contributed by atoms with Crippen LogP contribution in [0.15, 0.2) is 0 Å². The van der Waals surface area contributed by atoms with Gasteiger partial charge in [0.15, 0.2) is 0 Å². The SMILES string of the molecule is Cl.NC[C@H]1CCC[C@H]1C(=O)N1CCN(C(=O)C23CC4CC(CC(C4)C2)C3)CC1. The quantitative estimate of drug-likeness (QED) is 0.779. The standard InChI is InChI=1S/C22H35N3O2.ClH/c23-14-18-2-1-3-19(18)20(26)24-4-6-25(7-5-24)21(27)22-11-15-8-16(12-22)10-17(9-15)13-22;/h15-19H,1-14,23H2;1H/t15?,16?,17?,18-,19-,22?;/m1./s1. The molecule has 28 heavy (non-hydrogen) atoms. The maximum atomic E-state index is 13.5. The summed E-state index contributed by atoms with van der Waals surface area (Å²) in [5.74, 6) is 3.62. The summed E-state index contributed by atoms with van der Waals surface area (Å²) in [5.41, 5.74) is 5.83. The molecule has 2 atom stereocenters. The van der Waals surface area contributed by atoms with Gasteiger partial charge in [-0.2, -0.15) is 0 Å². The molecule has 1 saturated heterocycles. The number of carbonyl (C=O) groups excluding carboxylic acids is 2. The largest absolute Gasteiger partial charge is 0.339 e. The molecule has 4 bridgehead atoms. The van der Waals surface area contributed by atoms with Crippen LogP contribution in [-0.2, 0) is 9.59 Å². The maximum absolute atomic E-state index is 13.5. The number of rotatable bonds is 3. The molecule has 158 valence electrons. The van der Waals surface area contributed by atoms with Gasteiger partial charge in [-0.1, -0.05) is 6.42 Å². The minimum absolute atomic E-state index is 0. The predicted molar refractivity (Wildman–Crippen MR) is 111 cm³/mol. The number of carbonyl (C=O) groups is 2. The molecule has 6 aliphatic rings. The third-order valence-corrected chi connectivity index (χ3v) is 8.65. The van der Waals surface area contributed by atoms with Gasteiger partial charge < -0.3 is 15.5 Å². The zero-order valence-electron chi connectivity index (χ0n) is 17.0. The molecule has 2 N–H and O–H groups in total. The highest BCUT2D eigenvalue weighted by atomic mass is 35.5. The number of hydrogen-bond donors (Lipinski definition) is 1. The van der Waals surface area contributed by atoms with Crippen LogP contribution in [-0.4, -0.2) is 54.3 Å². The average Bonchev–Trinajstić information content (AvgIpc) is 3.15. The van der Waals surface area contributed by atoms with Gasteiger partial charge in [0.05, 0.1) is 5.41 Å². The van der Waals surface area contributed by atoms with E-state index in [1.807, 2.05) is 4.90 Å². The first-order valence-corrected chi connectivity index (χ1v) is 11.4. The van der Waals surface area contributed by atoms with Gasteiger partial charge in [-0.05, 0) is 81.6 Å². The van der Waals surface area contributed by atoms with Crippen molar-refractivity contribution >= 4 is 24.2 Å². The Balaban J connectivity index is 0.00000192. The Morgan fingerprint density at radius 2 is 1.39 bits per heavy atom. The van der Waals surface area contributed by atoms with Crippen LogP contribution in [0.3, 0.4) is 0 Å². The maximum Gasteiger partial charge on any atom is 0.228 e. The Morgan fingerprint density at radius 3 is 1.93 bits per heavy atom. The molecule has 0 spiro atoms. The average molecular weight is 410 g/mol. The van der Waals surface area contributed by atoms with E-state index in [4.69, 9.17) is 5.73 Å². The highest BCUT2D eigenvalue weighted by molar-refractivity contribution is 5.85. The number of hydrogen-bond acceptors (Lipinski definition) is 3. The molecule has 0 radical (unpaired) electrons. The lowest BCUT2D eigenvalue weighted by Crippen LogP contribution is -2.59. The highest BCUT2D eigenvalue weighted by Gasteiger charge is 2.55. The Morgan fingerprint density at radius 1 is 0.857 bits per heavy atom. The molecule has 6 fully saturated rings. The van der Waals surface area contributed by atoms with E-state index < -0.39 is 0 Å². The highest BCUT2D eigenvalue weighted by Crippen LogP contribution is 2.60. The fourth-order valence-corrected chi connectivity index (χ4v) is 7.72. The van der Waals surface area contributed by atoms with Crippen LogP contribution in [0.5, 0.6) is 0 Å². The van der Waals surface area contributed by atoms with Crippen molar-refractivity contribution in [3.05, 3.63) is 0 Å². The van der Waals surface area contributed by atoms with Crippen LogP contribution in [0.2, 0.25) is 0 Å². The number of halogens is 1. The van der Waals surface area contributed by atoms with E-state index in [1.54, 1.807) is 0 Å². The summed E-state index contributed by atoms with van der Waals surface area (Å²) in [6.07, 6.45) is 10.7. The molecule has 5 saturated carbocycles. The van der Waals surface area contributed by atoms with Gasteiger partial charge in [-0.15, -0.1) is 12.4 Å². The molecular weight excluding hydrogens is 374 g/mol. The van der Waals surface area contributed by atoms with Gasteiger partial charge >= 0.3 is 0 Å². The van der Waals surface area contributed by atoms with Gasteiger partial charge in [0.1, 0.15) is 0 Å². The van der Waals surface area contributed by atoms with E-state index in [0.29, 0.717) is 37.4 Å². The van der Waals surface area contributed by atoms with E-state index >= 15 is 0 Å². The van der Waals surface area contributed by atoms with E-state index in [1.165, 1.54) is 19.3 Å². The van der Waals surface area contributed by atoms with Gasteiger partial charge in [-0.3, -0.25) is 9.59 Å². The number of nitrogens with two attached hydrogens (primary N) is 1.